The van der Waals surface area contributed by atoms with Crippen LogP contribution in [-0.2, 0) is 0 Å². The minimum absolute atomic E-state index is 0.00493. The van der Waals surface area contributed by atoms with Crippen molar-refractivity contribution in [3.05, 3.63) is 29.3 Å². The molecule has 0 aliphatic carbocycles. The number of carbonyl (C=O) groups excluding carboxylic acids is 1. The van der Waals surface area contributed by atoms with Crippen LogP contribution in [0, 0.1) is 18.3 Å². The molecular formula is C17H28N2O. The molecule has 3 nitrogen and oxygen atoms in total. The number of anilines is 1. The molecular weight excluding hydrogens is 248 g/mol. The quantitative estimate of drug-likeness (QED) is 0.829. The number of aryl methyl sites for hydroxylation is 1. The average molecular weight is 276 g/mol. The number of rotatable bonds is 6. The second kappa shape index (κ2) is 6.78. The molecule has 0 aromatic heterocycles. The Morgan fingerprint density at radius 1 is 1.30 bits per heavy atom. The highest BCUT2D eigenvalue weighted by Crippen LogP contribution is 2.25. The molecule has 1 rings (SSSR count). The summed E-state index contributed by atoms with van der Waals surface area (Å²) in [5.74, 6) is 0.517. The lowest BCUT2D eigenvalue weighted by atomic mass is 9.81. The van der Waals surface area contributed by atoms with Crippen molar-refractivity contribution in [1.82, 2.24) is 5.32 Å². The summed E-state index contributed by atoms with van der Waals surface area (Å²) in [5.41, 5.74) is 2.88. The molecule has 0 radical (unpaired) electrons. The zero-order valence-corrected chi connectivity index (χ0v) is 13.6. The largest absolute Gasteiger partial charge is 0.385 e. The molecule has 0 atom stereocenters. The smallest absolute Gasteiger partial charge is 0.253 e. The van der Waals surface area contributed by atoms with Crippen LogP contribution in [0.15, 0.2) is 18.2 Å². The van der Waals surface area contributed by atoms with Crippen molar-refractivity contribution < 1.29 is 4.79 Å². The Kier molecular flexibility index (Phi) is 5.61. The molecule has 0 aliphatic heterocycles. The molecule has 0 aliphatic rings. The Labute approximate surface area is 123 Å². The second-order valence-corrected chi connectivity index (χ2v) is 6.41. The molecule has 0 unspecified atom stereocenters. The highest BCUT2D eigenvalue weighted by atomic mass is 16.1. The third-order valence-corrected chi connectivity index (χ3v) is 4.05. The van der Waals surface area contributed by atoms with Crippen molar-refractivity contribution in [2.24, 2.45) is 11.3 Å². The highest BCUT2D eigenvalue weighted by molar-refractivity contribution is 5.99. The summed E-state index contributed by atoms with van der Waals surface area (Å²) in [4.78, 5) is 12.4. The fourth-order valence-corrected chi connectivity index (χ4v) is 1.80. The number of amides is 1. The molecule has 1 aromatic rings. The van der Waals surface area contributed by atoms with Gasteiger partial charge in [0.25, 0.3) is 5.91 Å². The Bertz CT molecular complexity index is 464. The van der Waals surface area contributed by atoms with Crippen LogP contribution in [0.3, 0.4) is 0 Å². The van der Waals surface area contributed by atoms with E-state index in [4.69, 9.17) is 0 Å². The SMILES string of the molecule is CCNc1cc(C)ccc1C(=O)NCC(C)(C)C(C)C. The van der Waals surface area contributed by atoms with Crippen molar-refractivity contribution in [1.29, 1.82) is 0 Å². The molecule has 0 fully saturated rings. The summed E-state index contributed by atoms with van der Waals surface area (Å²) in [6.45, 7) is 14.3. The zero-order valence-electron chi connectivity index (χ0n) is 13.6. The van der Waals surface area contributed by atoms with Gasteiger partial charge in [-0.2, -0.15) is 0 Å². The summed E-state index contributed by atoms with van der Waals surface area (Å²) in [6.07, 6.45) is 0. The van der Waals surface area contributed by atoms with E-state index in [2.05, 4.69) is 38.3 Å². The first-order chi connectivity index (χ1) is 9.27. The molecule has 1 aromatic carbocycles. The maximum absolute atomic E-state index is 12.4. The highest BCUT2D eigenvalue weighted by Gasteiger charge is 2.23. The Hall–Kier alpha value is -1.51. The lowest BCUT2D eigenvalue weighted by Gasteiger charge is -2.29. The van der Waals surface area contributed by atoms with Crippen LogP contribution in [0.1, 0.15) is 50.5 Å². The molecule has 1 amide bonds. The van der Waals surface area contributed by atoms with Gasteiger partial charge in [-0.25, -0.2) is 0 Å². The molecule has 0 spiro atoms. The fraction of sp³-hybridized carbons (Fsp3) is 0.588. The Morgan fingerprint density at radius 2 is 1.95 bits per heavy atom. The molecule has 0 saturated carbocycles. The summed E-state index contributed by atoms with van der Waals surface area (Å²) in [7, 11) is 0. The van der Waals surface area contributed by atoms with Crippen LogP contribution in [0.4, 0.5) is 5.69 Å². The van der Waals surface area contributed by atoms with Gasteiger partial charge in [-0.05, 0) is 42.9 Å². The van der Waals surface area contributed by atoms with Crippen LogP contribution in [0.25, 0.3) is 0 Å². The molecule has 112 valence electrons. The van der Waals surface area contributed by atoms with Crippen molar-refractivity contribution in [3.63, 3.8) is 0 Å². The molecule has 0 heterocycles. The van der Waals surface area contributed by atoms with Crippen molar-refractivity contribution in [2.75, 3.05) is 18.4 Å². The van der Waals surface area contributed by atoms with Crippen molar-refractivity contribution in [2.45, 2.75) is 41.5 Å². The summed E-state index contributed by atoms with van der Waals surface area (Å²) in [6, 6.07) is 5.89. The van der Waals surface area contributed by atoms with E-state index >= 15 is 0 Å². The maximum Gasteiger partial charge on any atom is 0.253 e. The van der Waals surface area contributed by atoms with Crippen molar-refractivity contribution >= 4 is 11.6 Å². The Morgan fingerprint density at radius 3 is 2.50 bits per heavy atom. The summed E-state index contributed by atoms with van der Waals surface area (Å²) >= 11 is 0. The number of hydrogen-bond acceptors (Lipinski definition) is 2. The zero-order chi connectivity index (χ0) is 15.3. The topological polar surface area (TPSA) is 41.1 Å². The van der Waals surface area contributed by atoms with E-state index in [1.807, 2.05) is 32.0 Å². The summed E-state index contributed by atoms with van der Waals surface area (Å²) in [5, 5.41) is 6.32. The van der Waals surface area contributed by atoms with E-state index < -0.39 is 0 Å². The molecule has 20 heavy (non-hydrogen) atoms. The first kappa shape index (κ1) is 16.5. The maximum atomic E-state index is 12.4. The van der Waals surface area contributed by atoms with Crippen LogP contribution >= 0.6 is 0 Å². The number of benzene rings is 1. The van der Waals surface area contributed by atoms with Crippen molar-refractivity contribution in [3.8, 4) is 0 Å². The van der Waals surface area contributed by atoms with Gasteiger partial charge < -0.3 is 10.6 Å². The van der Waals surface area contributed by atoms with Gasteiger partial charge >= 0.3 is 0 Å². The average Bonchev–Trinajstić information content (AvgIpc) is 2.36. The first-order valence-electron chi connectivity index (χ1n) is 7.40. The van der Waals surface area contributed by atoms with Gasteiger partial charge in [-0.3, -0.25) is 4.79 Å². The summed E-state index contributed by atoms with van der Waals surface area (Å²) < 4.78 is 0. The van der Waals surface area contributed by atoms with Gasteiger partial charge in [0.15, 0.2) is 0 Å². The van der Waals surface area contributed by atoms with Crippen LogP contribution in [0.2, 0.25) is 0 Å². The van der Waals surface area contributed by atoms with E-state index in [9.17, 15) is 4.79 Å². The third kappa shape index (κ3) is 4.26. The minimum atomic E-state index is -0.00493. The Balaban J connectivity index is 2.82. The van der Waals surface area contributed by atoms with Crippen LogP contribution in [0.5, 0.6) is 0 Å². The van der Waals surface area contributed by atoms with Gasteiger partial charge in [-0.1, -0.05) is 33.8 Å². The molecule has 2 N–H and O–H groups in total. The lowest BCUT2D eigenvalue weighted by Crippen LogP contribution is -2.37. The van der Waals surface area contributed by atoms with Gasteiger partial charge in [0.1, 0.15) is 0 Å². The van der Waals surface area contributed by atoms with Gasteiger partial charge in [0.2, 0.25) is 0 Å². The molecule has 3 heteroatoms. The van der Waals surface area contributed by atoms with Crippen LogP contribution < -0.4 is 10.6 Å². The van der Waals surface area contributed by atoms with Crippen LogP contribution in [-0.4, -0.2) is 19.0 Å². The van der Waals surface area contributed by atoms with E-state index in [0.717, 1.165) is 23.4 Å². The van der Waals surface area contributed by atoms with Gasteiger partial charge in [-0.15, -0.1) is 0 Å². The lowest BCUT2D eigenvalue weighted by molar-refractivity contribution is 0.0925. The second-order valence-electron chi connectivity index (χ2n) is 6.41. The monoisotopic (exact) mass is 276 g/mol. The number of carbonyl (C=O) groups is 1. The standard InChI is InChI=1S/C17H28N2O/c1-7-18-15-10-13(4)8-9-14(15)16(20)19-11-17(5,6)12(2)3/h8-10,12,18H,7,11H2,1-6H3,(H,19,20). The van der Waals surface area contributed by atoms with Gasteiger partial charge in [0, 0.05) is 18.8 Å². The van der Waals surface area contributed by atoms with Gasteiger partial charge in [0.05, 0.1) is 5.56 Å². The normalized spacial score (nSPS) is 11.6. The first-order valence-corrected chi connectivity index (χ1v) is 7.40. The molecule has 0 bridgehead atoms. The van der Waals surface area contributed by atoms with E-state index in [0.29, 0.717) is 12.5 Å². The fourth-order valence-electron chi connectivity index (χ4n) is 1.80. The van der Waals surface area contributed by atoms with E-state index in [1.165, 1.54) is 0 Å². The number of hydrogen-bond donors (Lipinski definition) is 2. The third-order valence-electron chi connectivity index (χ3n) is 4.05. The predicted molar refractivity (Wildman–Crippen MR) is 86.3 cm³/mol. The minimum Gasteiger partial charge on any atom is -0.385 e. The van der Waals surface area contributed by atoms with E-state index in [-0.39, 0.29) is 11.3 Å². The number of nitrogens with one attached hydrogen (secondary N) is 2. The molecule has 0 saturated heterocycles. The predicted octanol–water partition coefficient (Wildman–Crippen LogP) is 3.84. The van der Waals surface area contributed by atoms with E-state index in [1.54, 1.807) is 0 Å².